The van der Waals surface area contributed by atoms with Crippen molar-refractivity contribution in [2.75, 3.05) is 14.1 Å². The number of hydrogen-bond acceptors (Lipinski definition) is 4. The minimum atomic E-state index is 0.226. The lowest BCUT2D eigenvalue weighted by molar-refractivity contribution is 0.0217. The first-order valence-corrected chi connectivity index (χ1v) is 13.8. The van der Waals surface area contributed by atoms with E-state index in [-0.39, 0.29) is 24.4 Å². The molecule has 12 atom stereocenters. The largest absolute Gasteiger partial charge is 0.365 e. The van der Waals surface area contributed by atoms with E-state index in [1.807, 2.05) is 0 Å². The van der Waals surface area contributed by atoms with Crippen LogP contribution >= 0.6 is 0 Å². The molecule has 4 nitrogen and oxygen atoms in total. The average molecular weight is 473 g/mol. The van der Waals surface area contributed by atoms with Crippen LogP contribution in [0.3, 0.4) is 0 Å². The Hall–Kier alpha value is -2.50. The van der Waals surface area contributed by atoms with Gasteiger partial charge in [-0.1, -0.05) is 48.5 Å². The van der Waals surface area contributed by atoms with Crippen molar-refractivity contribution in [1.29, 1.82) is 0 Å². The van der Waals surface area contributed by atoms with Crippen LogP contribution in [0.4, 0.5) is 0 Å². The van der Waals surface area contributed by atoms with Crippen molar-refractivity contribution in [1.82, 2.24) is 9.80 Å². The fraction of sp³-hybridized carbons (Fsp3) is 0.438. The van der Waals surface area contributed by atoms with E-state index in [0.717, 1.165) is 0 Å². The van der Waals surface area contributed by atoms with Crippen LogP contribution in [-0.4, -0.2) is 23.9 Å². The van der Waals surface area contributed by atoms with Crippen molar-refractivity contribution in [3.63, 3.8) is 0 Å². The number of fused-ring (bicyclic) bond motifs is 30. The van der Waals surface area contributed by atoms with Crippen LogP contribution in [0.1, 0.15) is 93.1 Å². The Balaban J connectivity index is 1.05. The predicted molar refractivity (Wildman–Crippen MR) is 133 cm³/mol. The molecule has 4 fully saturated rings. The Labute approximate surface area is 210 Å². The molecule has 178 valence electrons. The zero-order chi connectivity index (χ0) is 23.2. The zero-order valence-corrected chi connectivity index (χ0v) is 20.4. The van der Waals surface area contributed by atoms with Gasteiger partial charge in [-0.3, -0.25) is 9.80 Å². The highest BCUT2D eigenvalue weighted by atomic mass is 16.5. The van der Waals surface area contributed by atoms with Crippen molar-refractivity contribution in [3.05, 3.63) is 105 Å². The molecule has 4 saturated heterocycles. The van der Waals surface area contributed by atoms with Gasteiger partial charge in [0.2, 0.25) is 0 Å². The summed E-state index contributed by atoms with van der Waals surface area (Å²) in [5.41, 5.74) is 12.1. The second-order valence-corrected chi connectivity index (χ2v) is 12.7. The third kappa shape index (κ3) is 1.69. The van der Waals surface area contributed by atoms with Gasteiger partial charge in [-0.25, -0.2) is 0 Å². The van der Waals surface area contributed by atoms with E-state index in [4.69, 9.17) is 9.47 Å². The average Bonchev–Trinajstić information content (AvgIpc) is 3.75. The third-order valence-corrected chi connectivity index (χ3v) is 11.9. The van der Waals surface area contributed by atoms with Crippen molar-refractivity contribution >= 4 is 0 Å². The van der Waals surface area contributed by atoms with Gasteiger partial charge in [-0.2, -0.15) is 0 Å². The summed E-state index contributed by atoms with van der Waals surface area (Å²) >= 11 is 0. The molecule has 0 spiro atoms. The van der Waals surface area contributed by atoms with E-state index >= 15 is 0 Å². The molecule has 3 aromatic rings. The van der Waals surface area contributed by atoms with Gasteiger partial charge in [0.05, 0.1) is 24.4 Å². The van der Waals surface area contributed by atoms with Crippen molar-refractivity contribution in [2.45, 2.75) is 48.6 Å². The topological polar surface area (TPSA) is 24.9 Å². The van der Waals surface area contributed by atoms with Gasteiger partial charge in [0.1, 0.15) is 0 Å². The number of nitrogens with zero attached hydrogens (tertiary/aromatic N) is 2. The van der Waals surface area contributed by atoms with Crippen LogP contribution in [0.5, 0.6) is 0 Å². The molecule has 11 rings (SSSR count). The molecule has 8 aliphatic heterocycles. The zero-order valence-electron chi connectivity index (χ0n) is 20.4. The van der Waals surface area contributed by atoms with Crippen LogP contribution in [-0.2, 0) is 9.47 Å². The molecule has 8 aliphatic rings. The molecule has 3 aromatic carbocycles. The van der Waals surface area contributed by atoms with Crippen molar-refractivity contribution in [2.24, 2.45) is 23.7 Å². The van der Waals surface area contributed by atoms with E-state index < -0.39 is 0 Å². The molecule has 0 saturated carbocycles. The van der Waals surface area contributed by atoms with E-state index in [2.05, 4.69) is 84.6 Å². The smallest absolute Gasteiger partial charge is 0.0888 e. The van der Waals surface area contributed by atoms with Crippen molar-refractivity contribution < 1.29 is 9.47 Å². The fourth-order valence-electron chi connectivity index (χ4n) is 11.0. The van der Waals surface area contributed by atoms with Crippen molar-refractivity contribution in [3.8, 4) is 0 Å². The highest BCUT2D eigenvalue weighted by Crippen LogP contribution is 2.76. The number of ether oxygens (including phenoxy) is 2. The van der Waals surface area contributed by atoms with Gasteiger partial charge in [0.15, 0.2) is 0 Å². The predicted octanol–water partition coefficient (Wildman–Crippen LogP) is 5.89. The molecule has 8 bridgehead atoms. The Morgan fingerprint density at radius 1 is 0.444 bits per heavy atom. The normalized spacial score (nSPS) is 46.7. The van der Waals surface area contributed by atoms with E-state index in [9.17, 15) is 0 Å². The highest BCUT2D eigenvalue weighted by molar-refractivity contribution is 5.56. The fourth-order valence-corrected chi connectivity index (χ4v) is 11.0. The minimum Gasteiger partial charge on any atom is -0.365 e. The second-order valence-electron chi connectivity index (χ2n) is 12.7. The summed E-state index contributed by atoms with van der Waals surface area (Å²) in [4.78, 5) is 5.31. The monoisotopic (exact) mass is 472 g/mol. The first-order valence-electron chi connectivity index (χ1n) is 13.8. The molecule has 0 aromatic heterocycles. The molecular weight excluding hydrogens is 444 g/mol. The maximum atomic E-state index is 6.88. The SMILES string of the molecule is CN1[C@@H]2c3ccccc3[C@@H]1[C@H]1[C@H]2[C@@H]2O[C@@H]1c1cc3c(cc12)[C@@H]1O[C@@H]3[C@@H]2[C@H]1[C@@H]1c3ccccc3[C@@H]2N1C. The summed E-state index contributed by atoms with van der Waals surface area (Å²) in [6, 6.07) is 25.3. The summed E-state index contributed by atoms with van der Waals surface area (Å²) in [7, 11) is 4.69. The minimum absolute atomic E-state index is 0.226. The van der Waals surface area contributed by atoms with Crippen LogP contribution in [0.15, 0.2) is 60.7 Å². The Kier molecular flexibility index (Phi) is 2.94. The van der Waals surface area contributed by atoms with Crippen LogP contribution in [0.2, 0.25) is 0 Å². The molecule has 36 heavy (non-hydrogen) atoms. The van der Waals surface area contributed by atoms with Crippen LogP contribution < -0.4 is 0 Å². The van der Waals surface area contributed by atoms with Gasteiger partial charge < -0.3 is 9.47 Å². The van der Waals surface area contributed by atoms with Gasteiger partial charge >= 0.3 is 0 Å². The second kappa shape index (κ2) is 5.66. The lowest BCUT2D eigenvalue weighted by Crippen LogP contribution is -2.29. The lowest BCUT2D eigenvalue weighted by atomic mass is 9.64. The first kappa shape index (κ1) is 18.7. The summed E-state index contributed by atoms with van der Waals surface area (Å²) < 4.78 is 13.8. The maximum absolute atomic E-state index is 6.88. The first-order chi connectivity index (χ1) is 17.7. The summed E-state index contributed by atoms with van der Waals surface area (Å²) in [5.74, 6) is 2.27. The Bertz CT molecular complexity index is 1330. The van der Waals surface area contributed by atoms with Gasteiger partial charge in [-0.05, 0) is 70.7 Å². The number of rotatable bonds is 0. The Morgan fingerprint density at radius 3 is 1.00 bits per heavy atom. The number of benzene rings is 3. The molecular formula is C32H28N2O2. The summed E-state index contributed by atoms with van der Waals surface area (Å²) in [6.07, 6.45) is 0.905. The van der Waals surface area contributed by atoms with Crippen LogP contribution in [0.25, 0.3) is 0 Å². The molecule has 0 unspecified atom stereocenters. The quantitative estimate of drug-likeness (QED) is 0.408. The van der Waals surface area contributed by atoms with Crippen LogP contribution in [0, 0.1) is 23.7 Å². The van der Waals surface area contributed by atoms with E-state index in [1.54, 1.807) is 22.3 Å². The van der Waals surface area contributed by atoms with Gasteiger partial charge in [0, 0.05) is 47.8 Å². The molecule has 0 N–H and O–H groups in total. The summed E-state index contributed by atoms with van der Waals surface area (Å²) in [6.45, 7) is 0. The molecule has 0 aliphatic carbocycles. The molecule has 8 heterocycles. The highest BCUT2D eigenvalue weighted by Gasteiger charge is 2.69. The van der Waals surface area contributed by atoms with E-state index in [1.165, 1.54) is 22.3 Å². The third-order valence-electron chi connectivity index (χ3n) is 11.9. The molecule has 0 radical (unpaired) electrons. The standard InChI is InChI=1S/C32H28N2O2/c1-33-25-13-7-3-4-8-14(13)26(33)22-21(25)29-17-11-19-20(12-18(17)30(22)35-29)32-24-23(31(19)36-32)27-15-9-5-6-10-16(15)28(24)34(27)2/h3-12,21-32H,1-2H3/t21-,22-,23-,24+,25-,26-,27+,28+,29-,30-,31+,32+/m1/s1. The summed E-state index contributed by atoms with van der Waals surface area (Å²) in [5, 5.41) is 0. The Morgan fingerprint density at radius 2 is 0.722 bits per heavy atom. The lowest BCUT2D eigenvalue weighted by Gasteiger charge is -2.35. The molecule has 0 amide bonds. The van der Waals surface area contributed by atoms with Gasteiger partial charge in [0.25, 0.3) is 0 Å². The maximum Gasteiger partial charge on any atom is 0.0888 e. The van der Waals surface area contributed by atoms with E-state index in [0.29, 0.717) is 47.8 Å². The molecule has 4 heteroatoms. The van der Waals surface area contributed by atoms with Gasteiger partial charge in [-0.15, -0.1) is 0 Å². The number of hydrogen-bond donors (Lipinski definition) is 0.